The summed E-state index contributed by atoms with van der Waals surface area (Å²) >= 11 is 0. The molecule has 0 radical (unpaired) electrons. The molecule has 2 fully saturated rings. The summed E-state index contributed by atoms with van der Waals surface area (Å²) in [6.07, 6.45) is 14.8. The first-order chi connectivity index (χ1) is 12.3. The summed E-state index contributed by atoms with van der Waals surface area (Å²) in [4.78, 5) is 19.6. The lowest BCUT2D eigenvalue weighted by molar-refractivity contribution is 0.0609. The highest BCUT2D eigenvalue weighted by Gasteiger charge is 2.32. The first-order valence-electron chi connectivity index (χ1n) is 9.59. The highest BCUT2D eigenvalue weighted by Crippen LogP contribution is 2.36. The topological polar surface area (TPSA) is 61.9 Å². The molecule has 1 saturated heterocycles. The van der Waals surface area contributed by atoms with Crippen LogP contribution in [-0.4, -0.2) is 32.5 Å². The first-order valence-corrected chi connectivity index (χ1v) is 9.59. The van der Waals surface area contributed by atoms with Gasteiger partial charge in [0.25, 0.3) is 5.91 Å². The molecule has 5 nitrogen and oxygen atoms in total. The molecule has 2 aromatic heterocycles. The number of nitrogens with one attached hydrogen (secondary N) is 1. The van der Waals surface area contributed by atoms with Gasteiger partial charge < -0.3 is 4.90 Å². The van der Waals surface area contributed by atoms with Crippen molar-refractivity contribution in [2.45, 2.75) is 63.3 Å². The van der Waals surface area contributed by atoms with E-state index in [2.05, 4.69) is 21.2 Å². The lowest BCUT2D eigenvalue weighted by Gasteiger charge is -2.36. The third-order valence-electron chi connectivity index (χ3n) is 5.75. The molecule has 1 atom stereocenters. The molecular weight excluding hydrogens is 312 g/mol. The van der Waals surface area contributed by atoms with Crippen molar-refractivity contribution < 1.29 is 4.79 Å². The van der Waals surface area contributed by atoms with E-state index in [4.69, 9.17) is 0 Å². The van der Waals surface area contributed by atoms with Gasteiger partial charge in [0.2, 0.25) is 0 Å². The Labute approximate surface area is 148 Å². The third kappa shape index (κ3) is 3.32. The molecular formula is C20H26N4O. The van der Waals surface area contributed by atoms with Gasteiger partial charge in [0.1, 0.15) is 0 Å². The van der Waals surface area contributed by atoms with E-state index >= 15 is 0 Å². The van der Waals surface area contributed by atoms with Crippen LogP contribution in [0.25, 0.3) is 0 Å². The number of nitrogens with zero attached hydrogens (tertiary/aromatic N) is 3. The van der Waals surface area contributed by atoms with Crippen LogP contribution in [0, 0.1) is 0 Å². The Morgan fingerprint density at radius 2 is 1.92 bits per heavy atom. The maximum absolute atomic E-state index is 13.4. The zero-order valence-electron chi connectivity index (χ0n) is 14.7. The molecule has 0 aromatic carbocycles. The van der Waals surface area contributed by atoms with E-state index in [1.165, 1.54) is 19.3 Å². The normalized spacial score (nSPS) is 22.1. The molecule has 3 heterocycles. The first kappa shape index (κ1) is 16.3. The van der Waals surface area contributed by atoms with E-state index in [1.807, 2.05) is 17.2 Å². The summed E-state index contributed by atoms with van der Waals surface area (Å²) in [7, 11) is 0. The van der Waals surface area contributed by atoms with Crippen LogP contribution in [0.5, 0.6) is 0 Å². The van der Waals surface area contributed by atoms with Gasteiger partial charge in [-0.25, -0.2) is 0 Å². The van der Waals surface area contributed by atoms with Crippen molar-refractivity contribution in [2.75, 3.05) is 6.54 Å². The summed E-state index contributed by atoms with van der Waals surface area (Å²) in [5.41, 5.74) is 2.97. The lowest BCUT2D eigenvalue weighted by Crippen LogP contribution is -2.39. The summed E-state index contributed by atoms with van der Waals surface area (Å²) < 4.78 is 0. The van der Waals surface area contributed by atoms with Crippen LogP contribution in [0.2, 0.25) is 0 Å². The minimum Gasteiger partial charge on any atom is -0.331 e. The number of hydrogen-bond acceptors (Lipinski definition) is 3. The Kier molecular flexibility index (Phi) is 4.81. The van der Waals surface area contributed by atoms with Crippen molar-refractivity contribution in [1.82, 2.24) is 20.1 Å². The van der Waals surface area contributed by atoms with Crippen LogP contribution in [-0.2, 0) is 0 Å². The molecule has 1 aliphatic carbocycles. The average Bonchev–Trinajstić information content (AvgIpc) is 3.19. The van der Waals surface area contributed by atoms with Gasteiger partial charge in [0.05, 0.1) is 23.5 Å². The van der Waals surface area contributed by atoms with E-state index in [-0.39, 0.29) is 11.9 Å². The quantitative estimate of drug-likeness (QED) is 0.911. The van der Waals surface area contributed by atoms with Gasteiger partial charge in [-0.3, -0.25) is 14.9 Å². The van der Waals surface area contributed by atoms with Gasteiger partial charge in [-0.05, 0) is 43.7 Å². The van der Waals surface area contributed by atoms with E-state index in [9.17, 15) is 4.79 Å². The van der Waals surface area contributed by atoms with Gasteiger partial charge in [-0.15, -0.1) is 0 Å². The summed E-state index contributed by atoms with van der Waals surface area (Å²) in [5.74, 6) is 0.583. The number of aromatic amines is 1. The molecule has 132 valence electrons. The van der Waals surface area contributed by atoms with Crippen molar-refractivity contribution in [3.8, 4) is 0 Å². The molecule has 0 spiro atoms. The van der Waals surface area contributed by atoms with Crippen molar-refractivity contribution in [3.63, 3.8) is 0 Å². The zero-order valence-corrected chi connectivity index (χ0v) is 14.7. The average molecular weight is 338 g/mol. The number of hydrogen-bond donors (Lipinski definition) is 1. The fourth-order valence-corrected chi connectivity index (χ4v) is 4.42. The maximum atomic E-state index is 13.4. The fourth-order valence-electron chi connectivity index (χ4n) is 4.42. The second-order valence-corrected chi connectivity index (χ2v) is 7.33. The van der Waals surface area contributed by atoms with Crippen molar-refractivity contribution in [1.29, 1.82) is 0 Å². The third-order valence-corrected chi connectivity index (χ3v) is 5.75. The van der Waals surface area contributed by atoms with E-state index in [1.54, 1.807) is 12.4 Å². The largest absolute Gasteiger partial charge is 0.331 e. The smallest absolute Gasteiger partial charge is 0.257 e. The van der Waals surface area contributed by atoms with Crippen LogP contribution >= 0.6 is 0 Å². The van der Waals surface area contributed by atoms with Crippen LogP contribution in [0.15, 0.2) is 30.7 Å². The van der Waals surface area contributed by atoms with Crippen molar-refractivity contribution in [3.05, 3.63) is 47.5 Å². The van der Waals surface area contributed by atoms with Crippen molar-refractivity contribution >= 4 is 5.91 Å². The molecule has 2 aromatic rings. The molecule has 4 rings (SSSR count). The van der Waals surface area contributed by atoms with E-state index < -0.39 is 0 Å². The molecule has 5 heteroatoms. The standard InChI is InChI=1S/C20H26N4O/c25-20(17-14-22-23-19(17)15-7-2-1-3-8-15)24-12-5-4-10-18(24)16-9-6-11-21-13-16/h6,9,11,13-15,18H,1-5,7-8,10,12H2,(H,22,23). The molecule has 1 unspecified atom stereocenters. The van der Waals surface area contributed by atoms with Gasteiger partial charge >= 0.3 is 0 Å². The predicted octanol–water partition coefficient (Wildman–Crippen LogP) is 4.22. The van der Waals surface area contributed by atoms with Crippen molar-refractivity contribution in [2.24, 2.45) is 0 Å². The molecule has 1 saturated carbocycles. The fraction of sp³-hybridized carbons (Fsp3) is 0.550. The molecule has 1 aliphatic heterocycles. The highest BCUT2D eigenvalue weighted by atomic mass is 16.2. The molecule has 1 amide bonds. The van der Waals surface area contributed by atoms with Crippen LogP contribution < -0.4 is 0 Å². The number of likely N-dealkylation sites (tertiary alicyclic amines) is 1. The van der Waals surface area contributed by atoms with Gasteiger partial charge in [0.15, 0.2) is 0 Å². The molecule has 1 N–H and O–H groups in total. The molecule has 2 aliphatic rings. The minimum atomic E-state index is 0.128. The number of H-pyrrole nitrogens is 1. The summed E-state index contributed by atoms with van der Waals surface area (Å²) in [6.45, 7) is 0.813. The number of rotatable bonds is 3. The Morgan fingerprint density at radius 3 is 2.72 bits per heavy atom. The lowest BCUT2D eigenvalue weighted by atomic mass is 9.85. The zero-order chi connectivity index (χ0) is 17.1. The summed E-state index contributed by atoms with van der Waals surface area (Å²) in [6, 6.07) is 4.17. The number of aromatic nitrogens is 3. The van der Waals surface area contributed by atoms with E-state index in [0.717, 1.165) is 55.5 Å². The Morgan fingerprint density at radius 1 is 1.08 bits per heavy atom. The second-order valence-electron chi connectivity index (χ2n) is 7.33. The number of pyridine rings is 1. The van der Waals surface area contributed by atoms with Gasteiger partial charge in [-0.1, -0.05) is 25.3 Å². The minimum absolute atomic E-state index is 0.128. The van der Waals surface area contributed by atoms with Crippen LogP contribution in [0.1, 0.15) is 84.9 Å². The highest BCUT2D eigenvalue weighted by molar-refractivity contribution is 5.95. The second kappa shape index (κ2) is 7.38. The number of carbonyl (C=O) groups is 1. The Balaban J connectivity index is 1.60. The predicted molar refractivity (Wildman–Crippen MR) is 96.3 cm³/mol. The van der Waals surface area contributed by atoms with Gasteiger partial charge in [0, 0.05) is 24.9 Å². The number of piperidine rings is 1. The molecule has 0 bridgehead atoms. The number of amides is 1. The maximum Gasteiger partial charge on any atom is 0.257 e. The monoisotopic (exact) mass is 338 g/mol. The number of carbonyl (C=O) groups excluding carboxylic acids is 1. The van der Waals surface area contributed by atoms with Crippen LogP contribution in [0.4, 0.5) is 0 Å². The summed E-state index contributed by atoms with van der Waals surface area (Å²) in [5, 5.41) is 7.37. The molecule has 25 heavy (non-hydrogen) atoms. The van der Waals surface area contributed by atoms with Crippen LogP contribution in [0.3, 0.4) is 0 Å². The van der Waals surface area contributed by atoms with E-state index in [0.29, 0.717) is 5.92 Å². The Bertz CT molecular complexity index is 705. The Hall–Kier alpha value is -2.17. The SMILES string of the molecule is O=C(c1cn[nH]c1C1CCCCC1)N1CCCCC1c1cccnc1. The van der Waals surface area contributed by atoms with Gasteiger partial charge in [-0.2, -0.15) is 5.10 Å².